The number of nitrogens with zero attached hydrogens (tertiary/aromatic N) is 1. The maximum atomic E-state index is 13.0. The van der Waals surface area contributed by atoms with E-state index in [4.69, 9.17) is 9.47 Å². The van der Waals surface area contributed by atoms with Crippen LogP contribution in [-0.2, 0) is 16.1 Å². The molecule has 8 nitrogen and oxygen atoms in total. The molecule has 1 heterocycles. The van der Waals surface area contributed by atoms with Crippen molar-refractivity contribution in [2.45, 2.75) is 20.4 Å². The van der Waals surface area contributed by atoms with Crippen molar-refractivity contribution in [1.82, 2.24) is 10.2 Å². The summed E-state index contributed by atoms with van der Waals surface area (Å²) in [6.07, 6.45) is 1.52. The highest BCUT2D eigenvalue weighted by Crippen LogP contribution is 2.33. The normalized spacial score (nSPS) is 14.1. The first-order chi connectivity index (χ1) is 17.3. The van der Waals surface area contributed by atoms with Gasteiger partial charge in [0, 0.05) is 11.3 Å². The summed E-state index contributed by atoms with van der Waals surface area (Å²) in [4.78, 5) is 39.1. The van der Waals surface area contributed by atoms with Crippen molar-refractivity contribution in [3.63, 3.8) is 0 Å². The van der Waals surface area contributed by atoms with Gasteiger partial charge in [0.05, 0.1) is 13.7 Å². The Balaban J connectivity index is 1.50. The number of amides is 4. The van der Waals surface area contributed by atoms with E-state index in [1.807, 2.05) is 62.4 Å². The second-order valence-electron chi connectivity index (χ2n) is 8.45. The van der Waals surface area contributed by atoms with Crippen LogP contribution in [0.2, 0.25) is 0 Å². The number of anilines is 1. The van der Waals surface area contributed by atoms with Gasteiger partial charge in [-0.1, -0.05) is 59.7 Å². The lowest BCUT2D eigenvalue weighted by Gasteiger charge is -2.14. The van der Waals surface area contributed by atoms with E-state index in [1.165, 1.54) is 13.2 Å². The summed E-state index contributed by atoms with van der Waals surface area (Å²) in [7, 11) is 1.48. The van der Waals surface area contributed by atoms with Crippen molar-refractivity contribution in [3.05, 3.63) is 94.7 Å². The first-order valence-corrected chi connectivity index (χ1v) is 11.4. The largest absolute Gasteiger partial charge is 0.493 e. The number of carbonyl (C=O) groups is 3. The van der Waals surface area contributed by atoms with Gasteiger partial charge < -0.3 is 20.1 Å². The average molecular weight is 486 g/mol. The molecule has 36 heavy (non-hydrogen) atoms. The Labute approximate surface area is 209 Å². The Morgan fingerprint density at radius 3 is 2.31 bits per heavy atom. The minimum absolute atomic E-state index is 0.106. The summed E-state index contributed by atoms with van der Waals surface area (Å²) in [5.74, 6) is -0.129. The van der Waals surface area contributed by atoms with E-state index in [-0.39, 0.29) is 30.5 Å². The number of carbonyl (C=O) groups excluding carboxylic acids is 3. The van der Waals surface area contributed by atoms with Crippen LogP contribution in [0, 0.1) is 13.8 Å². The average Bonchev–Trinajstić information content (AvgIpc) is 3.13. The summed E-state index contributed by atoms with van der Waals surface area (Å²) in [6, 6.07) is 19.7. The van der Waals surface area contributed by atoms with Crippen molar-refractivity contribution >= 4 is 29.6 Å². The van der Waals surface area contributed by atoms with Crippen LogP contribution < -0.4 is 20.1 Å². The third kappa shape index (κ3) is 5.72. The number of hydrogen-bond donors (Lipinski definition) is 2. The van der Waals surface area contributed by atoms with Gasteiger partial charge in [-0.05, 0) is 43.7 Å². The Morgan fingerprint density at radius 2 is 1.64 bits per heavy atom. The summed E-state index contributed by atoms with van der Waals surface area (Å²) in [5.41, 5.74) is 4.27. The van der Waals surface area contributed by atoms with Crippen LogP contribution in [0.4, 0.5) is 10.5 Å². The standard InChI is InChI=1S/C28H27N3O5/c1-18-7-11-20(12-8-18)16-31-27(33)23(30-28(31)34)15-21-5-4-6-24(35-3)26(21)36-17-25(32)29-22-13-9-19(2)10-14-22/h4-15H,16-17H2,1-3H3,(H,29,32)(H,30,34)/b23-15-. The molecule has 0 atom stereocenters. The Kier molecular flexibility index (Phi) is 7.34. The molecule has 0 aromatic heterocycles. The zero-order valence-corrected chi connectivity index (χ0v) is 20.3. The van der Waals surface area contributed by atoms with E-state index in [0.717, 1.165) is 21.6 Å². The predicted molar refractivity (Wildman–Crippen MR) is 137 cm³/mol. The van der Waals surface area contributed by atoms with E-state index in [0.29, 0.717) is 17.0 Å². The van der Waals surface area contributed by atoms with Crippen LogP contribution >= 0.6 is 0 Å². The van der Waals surface area contributed by atoms with E-state index < -0.39 is 11.9 Å². The second-order valence-corrected chi connectivity index (χ2v) is 8.45. The van der Waals surface area contributed by atoms with Crippen molar-refractivity contribution < 1.29 is 23.9 Å². The van der Waals surface area contributed by atoms with Crippen molar-refractivity contribution in [1.29, 1.82) is 0 Å². The lowest BCUT2D eigenvalue weighted by atomic mass is 10.1. The topological polar surface area (TPSA) is 97.0 Å². The van der Waals surface area contributed by atoms with Crippen LogP contribution in [-0.4, -0.2) is 36.5 Å². The molecule has 8 heteroatoms. The van der Waals surface area contributed by atoms with Gasteiger partial charge in [0.2, 0.25) is 0 Å². The zero-order chi connectivity index (χ0) is 25.7. The highest BCUT2D eigenvalue weighted by molar-refractivity contribution is 6.14. The molecule has 1 saturated heterocycles. The molecule has 184 valence electrons. The number of benzene rings is 3. The molecule has 4 amide bonds. The number of hydrogen-bond acceptors (Lipinski definition) is 5. The Bertz CT molecular complexity index is 1310. The fourth-order valence-corrected chi connectivity index (χ4v) is 3.68. The molecule has 0 saturated carbocycles. The van der Waals surface area contributed by atoms with Gasteiger partial charge in [0.25, 0.3) is 11.8 Å². The van der Waals surface area contributed by atoms with Gasteiger partial charge in [-0.15, -0.1) is 0 Å². The highest BCUT2D eigenvalue weighted by Gasteiger charge is 2.33. The summed E-state index contributed by atoms with van der Waals surface area (Å²) in [6.45, 7) is 3.82. The second kappa shape index (κ2) is 10.8. The van der Waals surface area contributed by atoms with Crippen LogP contribution in [0.15, 0.2) is 72.4 Å². The SMILES string of the molecule is COc1cccc(/C=C2\NC(=O)N(Cc3ccc(C)cc3)C2=O)c1OCC(=O)Nc1ccc(C)cc1. The van der Waals surface area contributed by atoms with Crippen LogP contribution in [0.5, 0.6) is 11.5 Å². The van der Waals surface area contributed by atoms with Gasteiger partial charge in [-0.25, -0.2) is 4.79 Å². The fraction of sp³-hybridized carbons (Fsp3) is 0.179. The van der Waals surface area contributed by atoms with E-state index >= 15 is 0 Å². The van der Waals surface area contributed by atoms with E-state index in [2.05, 4.69) is 10.6 Å². The van der Waals surface area contributed by atoms with Crippen molar-refractivity contribution in [3.8, 4) is 11.5 Å². The monoisotopic (exact) mass is 485 g/mol. The molecule has 4 rings (SSSR count). The van der Waals surface area contributed by atoms with Crippen molar-refractivity contribution in [2.24, 2.45) is 0 Å². The zero-order valence-electron chi connectivity index (χ0n) is 20.3. The molecular formula is C28H27N3O5. The quantitative estimate of drug-likeness (QED) is 0.364. The minimum Gasteiger partial charge on any atom is -0.493 e. The van der Waals surface area contributed by atoms with Crippen LogP contribution in [0.1, 0.15) is 22.3 Å². The maximum Gasteiger partial charge on any atom is 0.329 e. The van der Waals surface area contributed by atoms with Crippen LogP contribution in [0.3, 0.4) is 0 Å². The number of ether oxygens (including phenoxy) is 2. The summed E-state index contributed by atoms with van der Waals surface area (Å²) >= 11 is 0. The molecule has 0 radical (unpaired) electrons. The highest BCUT2D eigenvalue weighted by atomic mass is 16.5. The number of rotatable bonds is 8. The third-order valence-electron chi connectivity index (χ3n) is 5.64. The molecule has 1 fully saturated rings. The maximum absolute atomic E-state index is 13.0. The van der Waals surface area contributed by atoms with Gasteiger partial charge in [-0.3, -0.25) is 14.5 Å². The fourth-order valence-electron chi connectivity index (χ4n) is 3.68. The van der Waals surface area contributed by atoms with Crippen LogP contribution in [0.25, 0.3) is 6.08 Å². The molecule has 0 aliphatic carbocycles. The predicted octanol–water partition coefficient (Wildman–Crippen LogP) is 4.42. The molecule has 3 aromatic rings. The van der Waals surface area contributed by atoms with Gasteiger partial charge in [-0.2, -0.15) is 0 Å². The number of imide groups is 1. The van der Waals surface area contributed by atoms with Gasteiger partial charge in [0.15, 0.2) is 18.1 Å². The number of methoxy groups -OCH3 is 1. The molecule has 1 aliphatic rings. The molecule has 3 aromatic carbocycles. The van der Waals surface area contributed by atoms with Crippen molar-refractivity contribution in [2.75, 3.05) is 19.0 Å². The first-order valence-electron chi connectivity index (χ1n) is 11.4. The summed E-state index contributed by atoms with van der Waals surface area (Å²) < 4.78 is 11.2. The van der Waals surface area contributed by atoms with Gasteiger partial charge in [0.1, 0.15) is 5.70 Å². The molecular weight excluding hydrogens is 458 g/mol. The molecule has 0 bridgehead atoms. The Morgan fingerprint density at radius 1 is 0.972 bits per heavy atom. The third-order valence-corrected chi connectivity index (χ3v) is 5.64. The van der Waals surface area contributed by atoms with E-state index in [9.17, 15) is 14.4 Å². The van der Waals surface area contributed by atoms with Gasteiger partial charge >= 0.3 is 6.03 Å². The molecule has 1 aliphatic heterocycles. The molecule has 2 N–H and O–H groups in total. The number of para-hydroxylation sites is 1. The number of aryl methyl sites for hydroxylation is 2. The lowest BCUT2D eigenvalue weighted by molar-refractivity contribution is -0.123. The molecule has 0 unspecified atom stereocenters. The Hall–Kier alpha value is -4.59. The summed E-state index contributed by atoms with van der Waals surface area (Å²) in [5, 5.41) is 5.40. The van der Waals surface area contributed by atoms with E-state index in [1.54, 1.807) is 18.2 Å². The molecule has 0 spiro atoms. The minimum atomic E-state index is -0.505. The number of urea groups is 1. The smallest absolute Gasteiger partial charge is 0.329 e. The first kappa shape index (κ1) is 24.5. The number of nitrogens with one attached hydrogen (secondary N) is 2. The lowest BCUT2D eigenvalue weighted by Crippen LogP contribution is -2.30.